The number of nitrogens with zero attached hydrogens (tertiary/aromatic N) is 2. The SMILES string of the molecule is COc1cc(/C=N/NC(=O)c2ccc(COc3ccc(-n4c(C)ccc4C)cc3)o2)ccc1OC(C)C. The van der Waals surface area contributed by atoms with E-state index in [9.17, 15) is 4.79 Å². The van der Waals surface area contributed by atoms with Gasteiger partial charge in [-0.3, -0.25) is 4.79 Å². The third kappa shape index (κ3) is 6.41. The van der Waals surface area contributed by atoms with Gasteiger partial charge in [0, 0.05) is 17.1 Å². The van der Waals surface area contributed by atoms with Gasteiger partial charge in [0.1, 0.15) is 18.1 Å². The van der Waals surface area contributed by atoms with Gasteiger partial charge in [0.15, 0.2) is 17.3 Å². The number of benzene rings is 2. The van der Waals surface area contributed by atoms with Crippen LogP contribution in [0.4, 0.5) is 0 Å². The lowest BCUT2D eigenvalue weighted by atomic mass is 10.2. The van der Waals surface area contributed by atoms with Crippen molar-refractivity contribution in [3.8, 4) is 22.9 Å². The van der Waals surface area contributed by atoms with Gasteiger partial charge in [0.2, 0.25) is 0 Å². The predicted octanol–water partition coefficient (Wildman–Crippen LogP) is 5.83. The van der Waals surface area contributed by atoms with E-state index in [-0.39, 0.29) is 18.5 Å². The first-order valence-electron chi connectivity index (χ1n) is 12.0. The van der Waals surface area contributed by atoms with Gasteiger partial charge in [0.05, 0.1) is 19.4 Å². The Morgan fingerprint density at radius 1 is 1.00 bits per heavy atom. The molecule has 2 aromatic carbocycles. The third-order valence-electron chi connectivity index (χ3n) is 5.56. The lowest BCUT2D eigenvalue weighted by molar-refractivity contribution is 0.0923. The molecule has 0 spiro atoms. The fraction of sp³-hybridized carbons (Fsp3) is 0.241. The van der Waals surface area contributed by atoms with Gasteiger partial charge >= 0.3 is 5.91 Å². The van der Waals surface area contributed by atoms with Crippen LogP contribution in [0, 0.1) is 13.8 Å². The van der Waals surface area contributed by atoms with Crippen molar-refractivity contribution in [1.82, 2.24) is 9.99 Å². The minimum absolute atomic E-state index is 0.0283. The van der Waals surface area contributed by atoms with E-state index in [0.29, 0.717) is 23.0 Å². The highest BCUT2D eigenvalue weighted by Gasteiger charge is 2.12. The quantitative estimate of drug-likeness (QED) is 0.218. The summed E-state index contributed by atoms with van der Waals surface area (Å²) in [7, 11) is 1.57. The first-order chi connectivity index (χ1) is 17.8. The molecule has 0 fully saturated rings. The van der Waals surface area contributed by atoms with Crippen LogP contribution in [0.1, 0.15) is 47.1 Å². The Balaban J connectivity index is 1.30. The summed E-state index contributed by atoms with van der Waals surface area (Å²) in [6.07, 6.45) is 1.55. The van der Waals surface area contributed by atoms with Crippen LogP contribution >= 0.6 is 0 Å². The Morgan fingerprint density at radius 3 is 2.41 bits per heavy atom. The highest BCUT2D eigenvalue weighted by atomic mass is 16.5. The van der Waals surface area contributed by atoms with Gasteiger partial charge in [0.25, 0.3) is 0 Å². The molecule has 0 aliphatic heterocycles. The molecular formula is C29H31N3O5. The van der Waals surface area contributed by atoms with Crippen molar-refractivity contribution in [3.63, 3.8) is 0 Å². The minimum atomic E-state index is -0.462. The third-order valence-corrected chi connectivity index (χ3v) is 5.56. The van der Waals surface area contributed by atoms with Gasteiger partial charge in [-0.05, 0) is 100.0 Å². The molecule has 4 rings (SSSR count). The van der Waals surface area contributed by atoms with E-state index in [0.717, 1.165) is 11.3 Å². The van der Waals surface area contributed by atoms with E-state index in [1.807, 2.05) is 44.2 Å². The molecule has 1 N–H and O–H groups in total. The number of carbonyl (C=O) groups is 1. The highest BCUT2D eigenvalue weighted by Crippen LogP contribution is 2.28. The van der Waals surface area contributed by atoms with Crippen molar-refractivity contribution in [2.45, 2.75) is 40.4 Å². The number of ether oxygens (including phenoxy) is 3. The zero-order valence-corrected chi connectivity index (χ0v) is 21.6. The Hall–Kier alpha value is -4.46. The van der Waals surface area contributed by atoms with Crippen molar-refractivity contribution in [2.75, 3.05) is 7.11 Å². The molecule has 0 atom stereocenters. The zero-order chi connectivity index (χ0) is 26.4. The second kappa shape index (κ2) is 11.5. The molecule has 0 unspecified atom stereocenters. The van der Waals surface area contributed by atoms with Crippen LogP contribution in [-0.4, -0.2) is 29.9 Å². The van der Waals surface area contributed by atoms with Gasteiger partial charge in [-0.25, -0.2) is 5.43 Å². The van der Waals surface area contributed by atoms with Crippen molar-refractivity contribution in [2.24, 2.45) is 5.10 Å². The van der Waals surface area contributed by atoms with E-state index < -0.39 is 5.91 Å². The fourth-order valence-corrected chi connectivity index (χ4v) is 3.84. The molecule has 8 nitrogen and oxygen atoms in total. The number of aryl methyl sites for hydroxylation is 2. The summed E-state index contributed by atoms with van der Waals surface area (Å²) in [5.41, 5.74) is 6.63. The number of amides is 1. The molecule has 0 aliphatic carbocycles. The van der Waals surface area contributed by atoms with Crippen molar-refractivity contribution < 1.29 is 23.4 Å². The van der Waals surface area contributed by atoms with Gasteiger partial charge in [-0.1, -0.05) is 0 Å². The van der Waals surface area contributed by atoms with Crippen LogP contribution in [-0.2, 0) is 6.61 Å². The zero-order valence-electron chi connectivity index (χ0n) is 21.6. The minimum Gasteiger partial charge on any atom is -0.493 e. The van der Waals surface area contributed by atoms with E-state index >= 15 is 0 Å². The predicted molar refractivity (Wildman–Crippen MR) is 142 cm³/mol. The smallest absolute Gasteiger partial charge is 0.307 e. The second-order valence-corrected chi connectivity index (χ2v) is 8.78. The van der Waals surface area contributed by atoms with Crippen LogP contribution in [0.25, 0.3) is 5.69 Å². The van der Waals surface area contributed by atoms with Crippen LogP contribution in [0.5, 0.6) is 17.2 Å². The van der Waals surface area contributed by atoms with Crippen molar-refractivity contribution in [1.29, 1.82) is 0 Å². The molecule has 8 heteroatoms. The molecule has 0 saturated heterocycles. The van der Waals surface area contributed by atoms with Crippen LogP contribution in [0.2, 0.25) is 0 Å². The maximum absolute atomic E-state index is 12.4. The molecule has 0 bridgehead atoms. The molecule has 37 heavy (non-hydrogen) atoms. The number of hydrogen-bond donors (Lipinski definition) is 1. The Labute approximate surface area is 216 Å². The summed E-state index contributed by atoms with van der Waals surface area (Å²) in [6.45, 7) is 8.23. The van der Waals surface area contributed by atoms with E-state index in [4.69, 9.17) is 18.6 Å². The molecule has 0 saturated carbocycles. The first kappa shape index (κ1) is 25.6. The van der Waals surface area contributed by atoms with E-state index in [1.165, 1.54) is 17.6 Å². The second-order valence-electron chi connectivity index (χ2n) is 8.78. The average Bonchev–Trinajstić information content (AvgIpc) is 3.49. The number of rotatable bonds is 10. The number of nitrogens with one attached hydrogen (secondary N) is 1. The molecule has 4 aromatic rings. The first-order valence-corrected chi connectivity index (χ1v) is 12.0. The largest absolute Gasteiger partial charge is 0.493 e. The highest BCUT2D eigenvalue weighted by molar-refractivity contribution is 5.92. The molecule has 2 heterocycles. The van der Waals surface area contributed by atoms with E-state index in [2.05, 4.69) is 41.1 Å². The van der Waals surface area contributed by atoms with Crippen molar-refractivity contribution in [3.05, 3.63) is 95.2 Å². The number of methoxy groups -OCH3 is 1. The normalized spacial score (nSPS) is 11.2. The summed E-state index contributed by atoms with van der Waals surface area (Å²) >= 11 is 0. The summed E-state index contributed by atoms with van der Waals surface area (Å²) in [4.78, 5) is 12.4. The number of aromatic nitrogens is 1. The van der Waals surface area contributed by atoms with Crippen LogP contribution in [0.3, 0.4) is 0 Å². The monoisotopic (exact) mass is 501 g/mol. The van der Waals surface area contributed by atoms with E-state index in [1.54, 1.807) is 31.4 Å². The van der Waals surface area contributed by atoms with Gasteiger partial charge in [-0.2, -0.15) is 5.10 Å². The summed E-state index contributed by atoms with van der Waals surface area (Å²) < 4.78 is 24.7. The Morgan fingerprint density at radius 2 is 1.73 bits per heavy atom. The number of furan rings is 1. The van der Waals surface area contributed by atoms with Crippen LogP contribution < -0.4 is 19.6 Å². The maximum atomic E-state index is 12.4. The molecule has 0 aliphatic rings. The number of hydrazone groups is 1. The van der Waals surface area contributed by atoms with Crippen LogP contribution in [0.15, 0.2) is 76.2 Å². The molecular weight excluding hydrogens is 470 g/mol. The Bertz CT molecular complexity index is 1360. The summed E-state index contributed by atoms with van der Waals surface area (Å²) in [5.74, 6) is 2.15. The maximum Gasteiger partial charge on any atom is 0.307 e. The standard InChI is InChI=1S/C29H31N3O5/c1-19(2)36-26-14-8-22(16-28(26)34-5)17-30-31-29(33)27-15-13-25(37-27)18-35-24-11-9-23(10-12-24)32-20(3)6-7-21(32)4/h6-17,19H,18H2,1-5H3,(H,31,33)/b30-17+. The molecule has 192 valence electrons. The topological polar surface area (TPSA) is 87.2 Å². The summed E-state index contributed by atoms with van der Waals surface area (Å²) in [5, 5.41) is 4.01. The number of carbonyl (C=O) groups excluding carboxylic acids is 1. The lowest BCUT2D eigenvalue weighted by Gasteiger charge is -2.13. The fourth-order valence-electron chi connectivity index (χ4n) is 3.84. The number of hydrogen-bond acceptors (Lipinski definition) is 6. The van der Waals surface area contributed by atoms with Gasteiger partial charge < -0.3 is 23.2 Å². The van der Waals surface area contributed by atoms with Crippen molar-refractivity contribution >= 4 is 12.1 Å². The lowest BCUT2D eigenvalue weighted by Crippen LogP contribution is -2.16. The molecule has 2 aromatic heterocycles. The Kier molecular flexibility index (Phi) is 7.98. The molecule has 0 radical (unpaired) electrons. The van der Waals surface area contributed by atoms with Gasteiger partial charge in [-0.15, -0.1) is 0 Å². The molecule has 1 amide bonds. The summed E-state index contributed by atoms with van der Waals surface area (Å²) in [6, 6.07) is 20.7. The average molecular weight is 502 g/mol.